The van der Waals surface area contributed by atoms with Gasteiger partial charge in [0.2, 0.25) is 0 Å². The maximum Gasteiger partial charge on any atom is 0.434 e. The lowest BCUT2D eigenvalue weighted by Gasteiger charge is -2.22. The van der Waals surface area contributed by atoms with Crippen molar-refractivity contribution in [3.8, 4) is 0 Å². The minimum atomic E-state index is -4.37. The second-order valence-corrected chi connectivity index (χ2v) is 6.74. The molecule has 0 saturated heterocycles. The van der Waals surface area contributed by atoms with Crippen LogP contribution in [0.1, 0.15) is 37.9 Å². The molecule has 0 aliphatic heterocycles. The molecule has 0 aliphatic carbocycles. The monoisotopic (exact) mass is 379 g/mol. The first-order valence-corrected chi connectivity index (χ1v) is 9.39. The van der Waals surface area contributed by atoms with Gasteiger partial charge in [-0.3, -0.25) is 4.99 Å². The van der Waals surface area contributed by atoms with Crippen LogP contribution in [0.25, 0.3) is 0 Å². The van der Waals surface area contributed by atoms with Crippen LogP contribution in [0.2, 0.25) is 0 Å². The molecule has 0 spiro atoms. The standard InChI is InChI=1S/C16H28F3N5S/c1-5-12(3)24(4)10-9-22-15(20-6-2)21-8-7-14-23-13(11-25-14)16(17,18)19/h11-12H,5-10H2,1-4H3,(H2,20,21,22). The molecule has 0 bridgehead atoms. The molecular weight excluding hydrogens is 351 g/mol. The van der Waals surface area contributed by atoms with Gasteiger partial charge in [0.25, 0.3) is 0 Å². The van der Waals surface area contributed by atoms with Gasteiger partial charge in [0.15, 0.2) is 11.7 Å². The highest BCUT2D eigenvalue weighted by atomic mass is 32.1. The van der Waals surface area contributed by atoms with Crippen molar-refractivity contribution in [1.82, 2.24) is 20.5 Å². The van der Waals surface area contributed by atoms with Gasteiger partial charge in [0, 0.05) is 37.5 Å². The van der Waals surface area contributed by atoms with Gasteiger partial charge in [0.1, 0.15) is 0 Å². The van der Waals surface area contributed by atoms with Crippen molar-refractivity contribution >= 4 is 17.3 Å². The molecule has 5 nitrogen and oxygen atoms in total. The summed E-state index contributed by atoms with van der Waals surface area (Å²) in [6, 6.07) is 0.512. The Labute approximate surface area is 151 Å². The average molecular weight is 379 g/mol. The third-order valence-corrected chi connectivity index (χ3v) is 4.79. The van der Waals surface area contributed by atoms with Crippen molar-refractivity contribution in [2.75, 3.05) is 33.2 Å². The van der Waals surface area contributed by atoms with Crippen LogP contribution in [-0.2, 0) is 12.6 Å². The van der Waals surface area contributed by atoms with E-state index in [0.717, 1.165) is 36.2 Å². The van der Waals surface area contributed by atoms with Gasteiger partial charge < -0.3 is 15.5 Å². The van der Waals surface area contributed by atoms with Crippen LogP contribution in [0.15, 0.2) is 10.4 Å². The molecule has 0 radical (unpaired) electrons. The quantitative estimate of drug-likeness (QED) is 0.512. The lowest BCUT2D eigenvalue weighted by atomic mass is 10.2. The Balaban J connectivity index is 2.44. The summed E-state index contributed by atoms with van der Waals surface area (Å²) >= 11 is 1.03. The third kappa shape index (κ3) is 8.04. The summed E-state index contributed by atoms with van der Waals surface area (Å²) < 4.78 is 37.6. The number of rotatable bonds is 9. The molecule has 1 rings (SSSR count). The molecule has 25 heavy (non-hydrogen) atoms. The highest BCUT2D eigenvalue weighted by Crippen LogP contribution is 2.29. The number of thiazole rings is 1. The van der Waals surface area contributed by atoms with E-state index in [0.29, 0.717) is 36.5 Å². The van der Waals surface area contributed by atoms with Crippen molar-refractivity contribution in [1.29, 1.82) is 0 Å². The zero-order valence-corrected chi connectivity index (χ0v) is 16.1. The molecule has 1 heterocycles. The zero-order valence-electron chi connectivity index (χ0n) is 15.3. The van der Waals surface area contributed by atoms with Crippen molar-refractivity contribution in [2.24, 2.45) is 4.99 Å². The number of guanidine groups is 1. The van der Waals surface area contributed by atoms with Crippen molar-refractivity contribution < 1.29 is 13.2 Å². The molecule has 0 aliphatic rings. The van der Waals surface area contributed by atoms with Gasteiger partial charge in [-0.05, 0) is 27.3 Å². The van der Waals surface area contributed by atoms with E-state index in [1.807, 2.05) is 6.92 Å². The van der Waals surface area contributed by atoms with Crippen molar-refractivity contribution in [2.45, 2.75) is 45.8 Å². The van der Waals surface area contributed by atoms with Gasteiger partial charge in [0.05, 0.1) is 11.6 Å². The second kappa shape index (κ2) is 10.6. The summed E-state index contributed by atoms with van der Waals surface area (Å²) in [6.07, 6.45) is -2.86. The normalized spacial score (nSPS) is 14.0. The van der Waals surface area contributed by atoms with Crippen molar-refractivity contribution in [3.05, 3.63) is 16.1 Å². The number of aromatic nitrogens is 1. The van der Waals surface area contributed by atoms with E-state index < -0.39 is 11.9 Å². The Morgan fingerprint density at radius 2 is 2.08 bits per heavy atom. The number of nitrogens with zero attached hydrogens (tertiary/aromatic N) is 3. The topological polar surface area (TPSA) is 52.6 Å². The molecule has 1 atom stereocenters. The molecule has 0 fully saturated rings. The molecule has 0 aromatic carbocycles. The number of halogens is 3. The van der Waals surface area contributed by atoms with Gasteiger partial charge in [-0.1, -0.05) is 6.92 Å². The summed E-state index contributed by atoms with van der Waals surface area (Å²) in [7, 11) is 2.07. The fourth-order valence-electron chi connectivity index (χ4n) is 2.04. The van der Waals surface area contributed by atoms with E-state index in [1.54, 1.807) is 0 Å². The predicted molar refractivity (Wildman–Crippen MR) is 97.2 cm³/mol. The highest BCUT2D eigenvalue weighted by Gasteiger charge is 2.33. The lowest BCUT2D eigenvalue weighted by molar-refractivity contribution is -0.140. The van der Waals surface area contributed by atoms with E-state index in [2.05, 4.69) is 46.4 Å². The first-order valence-electron chi connectivity index (χ1n) is 8.51. The maximum absolute atomic E-state index is 12.5. The second-order valence-electron chi connectivity index (χ2n) is 5.80. The summed E-state index contributed by atoms with van der Waals surface area (Å²) in [5, 5.41) is 7.80. The first kappa shape index (κ1) is 21.7. The summed E-state index contributed by atoms with van der Waals surface area (Å²) in [5.41, 5.74) is -0.818. The number of aliphatic imine (C=N–C) groups is 1. The Morgan fingerprint density at radius 1 is 1.36 bits per heavy atom. The minimum absolute atomic E-state index is 0.429. The number of likely N-dealkylation sites (N-methyl/N-ethyl adjacent to an activating group) is 1. The molecule has 144 valence electrons. The van der Waals surface area contributed by atoms with Crippen LogP contribution < -0.4 is 10.6 Å². The van der Waals surface area contributed by atoms with Crippen LogP contribution in [0.4, 0.5) is 13.2 Å². The van der Waals surface area contributed by atoms with Crippen LogP contribution >= 0.6 is 11.3 Å². The van der Waals surface area contributed by atoms with Crippen molar-refractivity contribution in [3.63, 3.8) is 0 Å². The number of hydrogen-bond acceptors (Lipinski definition) is 4. The lowest BCUT2D eigenvalue weighted by Crippen LogP contribution is -2.39. The molecule has 1 aromatic rings. The molecule has 0 saturated carbocycles. The average Bonchev–Trinajstić information content (AvgIpc) is 3.03. The van der Waals surface area contributed by atoms with Crippen LogP contribution in [0.5, 0.6) is 0 Å². The van der Waals surface area contributed by atoms with E-state index in [9.17, 15) is 13.2 Å². The van der Waals surface area contributed by atoms with E-state index >= 15 is 0 Å². The molecule has 2 N–H and O–H groups in total. The Bertz CT molecular complexity index is 530. The van der Waals surface area contributed by atoms with E-state index in [4.69, 9.17) is 0 Å². The number of nitrogens with one attached hydrogen (secondary N) is 2. The number of hydrogen-bond donors (Lipinski definition) is 2. The first-order chi connectivity index (χ1) is 11.8. The fourth-order valence-corrected chi connectivity index (χ4v) is 2.84. The summed E-state index contributed by atoms with van der Waals surface area (Å²) in [6.45, 7) is 9.02. The maximum atomic E-state index is 12.5. The fraction of sp³-hybridized carbons (Fsp3) is 0.750. The summed E-state index contributed by atoms with van der Waals surface area (Å²) in [5.74, 6) is 0.674. The van der Waals surface area contributed by atoms with Gasteiger partial charge in [-0.15, -0.1) is 11.3 Å². The van der Waals surface area contributed by atoms with E-state index in [1.165, 1.54) is 0 Å². The Kier molecular flexibility index (Phi) is 9.20. The molecule has 0 amide bonds. The molecule has 9 heteroatoms. The molecule has 1 unspecified atom stereocenters. The Hall–Kier alpha value is -1.35. The predicted octanol–water partition coefficient (Wildman–Crippen LogP) is 2.99. The molecular formula is C16H28F3N5S. The van der Waals surface area contributed by atoms with Crippen LogP contribution in [-0.4, -0.2) is 55.1 Å². The Morgan fingerprint density at radius 3 is 2.64 bits per heavy atom. The van der Waals surface area contributed by atoms with Crippen LogP contribution in [0.3, 0.4) is 0 Å². The SMILES string of the molecule is CCNC(=NCCN(C)C(C)CC)NCCc1nc(C(F)(F)F)cs1. The van der Waals surface area contributed by atoms with Gasteiger partial charge >= 0.3 is 6.18 Å². The van der Waals surface area contributed by atoms with Gasteiger partial charge in [-0.25, -0.2) is 4.98 Å². The number of alkyl halides is 3. The molecule has 1 aromatic heterocycles. The van der Waals surface area contributed by atoms with Gasteiger partial charge in [-0.2, -0.15) is 13.2 Å². The minimum Gasteiger partial charge on any atom is -0.357 e. The summed E-state index contributed by atoms with van der Waals surface area (Å²) in [4.78, 5) is 10.4. The highest BCUT2D eigenvalue weighted by molar-refractivity contribution is 7.09. The third-order valence-electron chi connectivity index (χ3n) is 3.88. The van der Waals surface area contributed by atoms with E-state index in [-0.39, 0.29) is 0 Å². The van der Waals surface area contributed by atoms with Crippen LogP contribution in [0, 0.1) is 0 Å². The smallest absolute Gasteiger partial charge is 0.357 e. The zero-order chi connectivity index (χ0) is 18.9. The largest absolute Gasteiger partial charge is 0.434 e.